The fourth-order valence-corrected chi connectivity index (χ4v) is 7.68. The van der Waals surface area contributed by atoms with Gasteiger partial charge >= 0.3 is 0 Å². The van der Waals surface area contributed by atoms with E-state index in [1.807, 2.05) is 54.6 Å². The highest BCUT2D eigenvalue weighted by Crippen LogP contribution is 2.45. The van der Waals surface area contributed by atoms with E-state index in [0.717, 1.165) is 48.5 Å². The van der Waals surface area contributed by atoms with Gasteiger partial charge in [0.05, 0.1) is 12.7 Å². The molecule has 0 aliphatic rings. The molecule has 2 N–H and O–H groups in total. The van der Waals surface area contributed by atoms with Gasteiger partial charge in [-0.15, -0.1) is 0 Å². The maximum Gasteiger partial charge on any atom is 0.234 e. The van der Waals surface area contributed by atoms with E-state index in [1.165, 1.54) is 0 Å². The van der Waals surface area contributed by atoms with Gasteiger partial charge in [0, 0.05) is 31.1 Å². The van der Waals surface area contributed by atoms with Gasteiger partial charge in [0.15, 0.2) is 0 Å². The predicted molar refractivity (Wildman–Crippen MR) is 174 cm³/mol. The molecule has 3 aromatic carbocycles. The first-order valence-electron chi connectivity index (χ1n) is 15.2. The molecule has 0 aliphatic heterocycles. The summed E-state index contributed by atoms with van der Waals surface area (Å²) < 4.78 is 8.84. The zero-order valence-corrected chi connectivity index (χ0v) is 26.5. The summed E-state index contributed by atoms with van der Waals surface area (Å²) in [6.45, 7) is 9.50. The van der Waals surface area contributed by atoms with Gasteiger partial charge < -0.3 is 4.52 Å². The normalized spacial score (nSPS) is 12.4. The van der Waals surface area contributed by atoms with Crippen molar-refractivity contribution in [3.05, 3.63) is 108 Å². The summed E-state index contributed by atoms with van der Waals surface area (Å²) in [6.07, 6.45) is 5.39. The molecule has 0 aromatic heterocycles. The van der Waals surface area contributed by atoms with Crippen LogP contribution < -0.4 is 10.9 Å². The van der Waals surface area contributed by atoms with Gasteiger partial charge in [0.1, 0.15) is 13.8 Å². The average molecular weight is 587 g/mol. The molecular formula is C35H47N4O2P. The van der Waals surface area contributed by atoms with Crippen molar-refractivity contribution in [1.29, 1.82) is 5.26 Å². The van der Waals surface area contributed by atoms with Gasteiger partial charge in [-0.25, -0.2) is 5.43 Å². The summed E-state index contributed by atoms with van der Waals surface area (Å²) in [5.74, 6) is -0.0346. The summed E-state index contributed by atoms with van der Waals surface area (Å²) >= 11 is 0. The maximum atomic E-state index is 13.1. The molecule has 6 nitrogen and oxygen atoms in total. The summed E-state index contributed by atoms with van der Waals surface area (Å²) in [5, 5.41) is 8.98. The number of nitrogens with zero attached hydrogens (tertiary/aromatic N) is 2. The van der Waals surface area contributed by atoms with Crippen molar-refractivity contribution in [2.24, 2.45) is 0 Å². The van der Waals surface area contributed by atoms with Crippen LogP contribution in [0.2, 0.25) is 0 Å². The molecule has 224 valence electrons. The molecule has 3 rings (SSSR count). The van der Waals surface area contributed by atoms with Crippen LogP contribution in [0.3, 0.4) is 0 Å². The van der Waals surface area contributed by atoms with Crippen LogP contribution in [0.15, 0.2) is 91.0 Å². The van der Waals surface area contributed by atoms with Crippen molar-refractivity contribution in [2.75, 3.05) is 12.8 Å². The van der Waals surface area contributed by atoms with E-state index in [2.05, 4.69) is 85.7 Å². The number of carbonyl (C=O) groups is 1. The van der Waals surface area contributed by atoms with Gasteiger partial charge in [0.2, 0.25) is 5.91 Å². The Hall–Kier alpha value is -3.07. The van der Waals surface area contributed by atoms with E-state index in [1.54, 1.807) is 0 Å². The Labute approximate surface area is 254 Å². The number of nitrogens with one attached hydrogen (secondary N) is 2. The van der Waals surface area contributed by atoms with Crippen LogP contribution in [0.25, 0.3) is 0 Å². The van der Waals surface area contributed by atoms with Gasteiger partial charge in [-0.05, 0) is 63.6 Å². The van der Waals surface area contributed by atoms with E-state index >= 15 is 0 Å². The zero-order chi connectivity index (χ0) is 30.2. The van der Waals surface area contributed by atoms with Crippen LogP contribution in [-0.2, 0) is 14.9 Å². The Morgan fingerprint density at radius 1 is 0.810 bits per heavy atom. The largest absolute Gasteiger partial charge is 0.344 e. The Balaban J connectivity index is 1.59. The number of hydrazine groups is 1. The molecule has 0 spiro atoms. The second kappa shape index (κ2) is 17.8. The molecule has 0 aliphatic carbocycles. The Morgan fingerprint density at radius 2 is 1.31 bits per heavy atom. The first kappa shape index (κ1) is 33.4. The molecule has 0 saturated carbocycles. The third-order valence-corrected chi connectivity index (χ3v) is 9.87. The van der Waals surface area contributed by atoms with E-state index in [9.17, 15) is 4.79 Å². The second-order valence-electron chi connectivity index (χ2n) is 11.1. The fraction of sp³-hybridized carbons (Fsp3) is 0.429. The number of hydrogen-bond acceptors (Lipinski definition) is 5. The fourth-order valence-electron chi connectivity index (χ4n) is 5.39. The minimum Gasteiger partial charge on any atom is -0.344 e. The van der Waals surface area contributed by atoms with Crippen LogP contribution >= 0.6 is 8.30 Å². The van der Waals surface area contributed by atoms with Crippen molar-refractivity contribution >= 4 is 14.2 Å². The number of nitriles is 1. The third-order valence-electron chi connectivity index (χ3n) is 7.25. The summed E-state index contributed by atoms with van der Waals surface area (Å²) in [5.41, 5.74) is 8.90. The topological polar surface area (TPSA) is 77.4 Å². The lowest BCUT2D eigenvalue weighted by Gasteiger charge is -2.37. The van der Waals surface area contributed by atoms with E-state index in [0.29, 0.717) is 31.5 Å². The molecule has 1 amide bonds. The molecule has 3 aromatic rings. The van der Waals surface area contributed by atoms with Crippen molar-refractivity contribution in [1.82, 2.24) is 15.5 Å². The van der Waals surface area contributed by atoms with Gasteiger partial charge in [0.25, 0.3) is 0 Å². The van der Waals surface area contributed by atoms with Gasteiger partial charge in [-0.1, -0.05) is 97.4 Å². The minimum atomic E-state index is -0.741. The standard InChI is InChI=1S/C35H47N4O2P/c1-29(2)39(30(3)4)42(28-18-16-26-36)41-27-17-8-15-25-34(40)37-38-35(31-19-9-5-10-20-31,32-21-11-6-12-22-32)33-23-13-7-14-24-33/h5-7,9-14,19-24,29-30,38H,8,15-18,25,27-28H2,1-4H3,(H,37,40). The predicted octanol–water partition coefficient (Wildman–Crippen LogP) is 7.91. The minimum absolute atomic E-state index is 0.0346. The van der Waals surface area contributed by atoms with Crippen LogP contribution in [0.1, 0.15) is 82.9 Å². The van der Waals surface area contributed by atoms with Gasteiger partial charge in [-0.3, -0.25) is 14.9 Å². The smallest absolute Gasteiger partial charge is 0.234 e. The Kier molecular flexibility index (Phi) is 14.2. The number of benzene rings is 3. The number of carbonyl (C=O) groups excluding carboxylic acids is 1. The SMILES string of the molecule is CC(C)N(C(C)C)P(CCCC#N)OCCCCCC(=O)NNC(c1ccccc1)(c1ccccc1)c1ccccc1. The monoisotopic (exact) mass is 586 g/mol. The van der Waals surface area contributed by atoms with E-state index in [4.69, 9.17) is 9.79 Å². The van der Waals surface area contributed by atoms with Crippen molar-refractivity contribution < 1.29 is 9.32 Å². The summed E-state index contributed by atoms with van der Waals surface area (Å²) in [7, 11) is -0.740. The molecular weight excluding hydrogens is 539 g/mol. The molecule has 0 saturated heterocycles. The van der Waals surface area contributed by atoms with Crippen LogP contribution in [0, 0.1) is 11.3 Å². The Morgan fingerprint density at radius 3 is 1.76 bits per heavy atom. The van der Waals surface area contributed by atoms with Crippen LogP contribution in [0.4, 0.5) is 0 Å². The molecule has 1 unspecified atom stereocenters. The second-order valence-corrected chi connectivity index (χ2v) is 12.9. The average Bonchev–Trinajstić information content (AvgIpc) is 3.00. The highest BCUT2D eigenvalue weighted by Gasteiger charge is 2.36. The number of amides is 1. The molecule has 42 heavy (non-hydrogen) atoms. The van der Waals surface area contributed by atoms with Crippen molar-refractivity contribution in [2.45, 2.75) is 83.8 Å². The summed E-state index contributed by atoms with van der Waals surface area (Å²) in [6, 6.07) is 33.8. The summed E-state index contributed by atoms with van der Waals surface area (Å²) in [4.78, 5) is 13.1. The molecule has 7 heteroatoms. The van der Waals surface area contributed by atoms with Crippen molar-refractivity contribution in [3.8, 4) is 6.07 Å². The molecule has 1 atom stereocenters. The first-order valence-corrected chi connectivity index (χ1v) is 16.6. The van der Waals surface area contributed by atoms with Crippen molar-refractivity contribution in [3.63, 3.8) is 0 Å². The lowest BCUT2D eigenvalue weighted by Crippen LogP contribution is -2.53. The molecule has 0 fully saturated rings. The number of hydrogen-bond donors (Lipinski definition) is 2. The maximum absolute atomic E-state index is 13.1. The Bertz CT molecular complexity index is 1110. The lowest BCUT2D eigenvalue weighted by molar-refractivity contribution is -0.122. The molecule has 0 heterocycles. The van der Waals surface area contributed by atoms with Crippen LogP contribution in [-0.4, -0.2) is 35.4 Å². The van der Waals surface area contributed by atoms with Gasteiger partial charge in [-0.2, -0.15) is 5.26 Å². The molecule has 0 radical (unpaired) electrons. The number of unbranched alkanes of at least 4 members (excludes halogenated alkanes) is 3. The quantitative estimate of drug-likeness (QED) is 0.0686. The zero-order valence-electron chi connectivity index (χ0n) is 25.6. The van der Waals surface area contributed by atoms with Crippen LogP contribution in [0.5, 0.6) is 0 Å². The highest BCUT2D eigenvalue weighted by atomic mass is 31.2. The van der Waals surface area contributed by atoms with E-state index < -0.39 is 13.8 Å². The highest BCUT2D eigenvalue weighted by molar-refractivity contribution is 7.50. The first-order chi connectivity index (χ1) is 20.4. The van der Waals surface area contributed by atoms with E-state index in [-0.39, 0.29) is 5.91 Å². The number of rotatable bonds is 18. The molecule has 0 bridgehead atoms. The lowest BCUT2D eigenvalue weighted by atomic mass is 9.77. The third kappa shape index (κ3) is 9.48.